The zero-order valence-electron chi connectivity index (χ0n) is 11.0. The highest BCUT2D eigenvalue weighted by atomic mass is 15.0. The fourth-order valence-corrected chi connectivity index (χ4v) is 2.81. The monoisotopic (exact) mass is 248 g/mol. The van der Waals surface area contributed by atoms with E-state index in [9.17, 15) is 5.26 Å². The molecule has 0 heterocycles. The minimum Gasteiger partial charge on any atom is -0.367 e. The number of rotatable bonds is 2. The van der Waals surface area contributed by atoms with E-state index in [1.165, 1.54) is 16.7 Å². The van der Waals surface area contributed by atoms with E-state index in [0.717, 1.165) is 18.5 Å². The largest absolute Gasteiger partial charge is 0.367 e. The highest BCUT2D eigenvalue weighted by Crippen LogP contribution is 2.32. The second-order valence-electron chi connectivity index (χ2n) is 5.31. The number of benzene rings is 2. The van der Waals surface area contributed by atoms with Gasteiger partial charge in [-0.15, -0.1) is 0 Å². The summed E-state index contributed by atoms with van der Waals surface area (Å²) >= 11 is 0. The third-order valence-corrected chi connectivity index (χ3v) is 3.72. The summed E-state index contributed by atoms with van der Waals surface area (Å²) in [6.45, 7) is 2.06. The average Bonchev–Trinajstić information content (AvgIpc) is 2.77. The quantitative estimate of drug-likeness (QED) is 0.883. The van der Waals surface area contributed by atoms with Crippen LogP contribution in [0.5, 0.6) is 0 Å². The topological polar surface area (TPSA) is 35.8 Å². The number of aryl methyl sites for hydroxylation is 1. The number of nitrogens with one attached hydrogen (secondary N) is 1. The molecule has 19 heavy (non-hydrogen) atoms. The second kappa shape index (κ2) is 4.44. The lowest BCUT2D eigenvalue weighted by molar-refractivity contribution is 0.628. The van der Waals surface area contributed by atoms with Crippen LogP contribution in [0.2, 0.25) is 0 Å². The predicted molar refractivity (Wildman–Crippen MR) is 77.0 cm³/mol. The minimum absolute atomic E-state index is 0.502. The van der Waals surface area contributed by atoms with Gasteiger partial charge in [-0.1, -0.05) is 36.4 Å². The van der Waals surface area contributed by atoms with Crippen LogP contribution in [0.3, 0.4) is 0 Å². The highest BCUT2D eigenvalue weighted by Gasteiger charge is 2.37. The number of hydrogen-bond donors (Lipinski definition) is 1. The second-order valence-corrected chi connectivity index (χ2v) is 5.31. The number of nitrogens with zero attached hydrogens (tertiary/aromatic N) is 1. The summed E-state index contributed by atoms with van der Waals surface area (Å²) in [5.74, 6) is 0. The van der Waals surface area contributed by atoms with Gasteiger partial charge in [-0.2, -0.15) is 5.26 Å². The zero-order chi connectivity index (χ0) is 13.3. The fourth-order valence-electron chi connectivity index (χ4n) is 2.81. The van der Waals surface area contributed by atoms with Crippen molar-refractivity contribution in [3.8, 4) is 6.07 Å². The summed E-state index contributed by atoms with van der Waals surface area (Å²) in [7, 11) is 0. The Labute approximate surface area is 113 Å². The molecule has 0 saturated carbocycles. The van der Waals surface area contributed by atoms with Crippen molar-refractivity contribution in [2.75, 3.05) is 5.32 Å². The lowest BCUT2D eigenvalue weighted by Gasteiger charge is -2.23. The number of fused-ring (bicyclic) bond motifs is 1. The maximum absolute atomic E-state index is 9.61. The molecular formula is C17H16N2. The summed E-state index contributed by atoms with van der Waals surface area (Å²) in [5.41, 5.74) is 4.29. The SMILES string of the molecule is Cc1cccc(NC2(C#N)Cc3ccccc3C2)c1. The van der Waals surface area contributed by atoms with Crippen LogP contribution < -0.4 is 5.32 Å². The van der Waals surface area contributed by atoms with E-state index in [2.05, 4.69) is 42.6 Å². The van der Waals surface area contributed by atoms with Crippen molar-refractivity contribution in [1.82, 2.24) is 0 Å². The molecule has 0 saturated heterocycles. The Bertz CT molecular complexity index is 627. The van der Waals surface area contributed by atoms with E-state index in [-0.39, 0.29) is 0 Å². The molecule has 0 unspecified atom stereocenters. The average molecular weight is 248 g/mol. The van der Waals surface area contributed by atoms with Crippen LogP contribution in [0.1, 0.15) is 16.7 Å². The van der Waals surface area contributed by atoms with Gasteiger partial charge < -0.3 is 5.32 Å². The Morgan fingerprint density at radius 1 is 1.05 bits per heavy atom. The van der Waals surface area contributed by atoms with E-state index in [0.29, 0.717) is 0 Å². The smallest absolute Gasteiger partial charge is 0.133 e. The molecule has 0 aliphatic heterocycles. The van der Waals surface area contributed by atoms with E-state index in [4.69, 9.17) is 0 Å². The summed E-state index contributed by atoms with van der Waals surface area (Å²) in [6.07, 6.45) is 1.54. The van der Waals surface area contributed by atoms with Crippen LogP contribution in [0.25, 0.3) is 0 Å². The standard InChI is InChI=1S/C17H16N2/c1-13-5-4-8-16(9-13)19-17(12-18)10-14-6-2-3-7-15(14)11-17/h2-9,19H,10-11H2,1H3. The maximum Gasteiger partial charge on any atom is 0.133 e. The molecule has 2 heteroatoms. The highest BCUT2D eigenvalue weighted by molar-refractivity contribution is 5.53. The van der Waals surface area contributed by atoms with Gasteiger partial charge in [0.2, 0.25) is 0 Å². The van der Waals surface area contributed by atoms with E-state index in [1.54, 1.807) is 0 Å². The molecule has 0 atom stereocenters. The van der Waals surface area contributed by atoms with Gasteiger partial charge in [0.1, 0.15) is 5.54 Å². The van der Waals surface area contributed by atoms with E-state index in [1.807, 2.05) is 24.3 Å². The van der Waals surface area contributed by atoms with Crippen LogP contribution in [0.4, 0.5) is 5.69 Å². The minimum atomic E-state index is -0.502. The molecule has 1 N–H and O–H groups in total. The van der Waals surface area contributed by atoms with Crippen molar-refractivity contribution in [1.29, 1.82) is 5.26 Å². The summed E-state index contributed by atoms with van der Waals surface area (Å²) < 4.78 is 0. The first-order valence-corrected chi connectivity index (χ1v) is 6.54. The van der Waals surface area contributed by atoms with Crippen molar-refractivity contribution < 1.29 is 0 Å². The molecule has 0 amide bonds. The molecule has 2 nitrogen and oxygen atoms in total. The van der Waals surface area contributed by atoms with Gasteiger partial charge in [-0.25, -0.2) is 0 Å². The Kier molecular flexibility index (Phi) is 2.76. The molecule has 0 spiro atoms. The first kappa shape index (κ1) is 11.8. The van der Waals surface area contributed by atoms with Gasteiger partial charge in [0.25, 0.3) is 0 Å². The Morgan fingerprint density at radius 3 is 2.32 bits per heavy atom. The van der Waals surface area contributed by atoms with Crippen molar-refractivity contribution in [3.05, 3.63) is 65.2 Å². The van der Waals surface area contributed by atoms with Gasteiger partial charge in [0, 0.05) is 18.5 Å². The summed E-state index contributed by atoms with van der Waals surface area (Å²) in [5, 5.41) is 13.0. The molecule has 3 rings (SSSR count). The lowest BCUT2D eigenvalue weighted by atomic mass is 9.97. The van der Waals surface area contributed by atoms with Gasteiger partial charge in [0.05, 0.1) is 6.07 Å². The molecule has 0 fully saturated rings. The Hall–Kier alpha value is -2.27. The first-order chi connectivity index (χ1) is 9.21. The van der Waals surface area contributed by atoms with Crippen LogP contribution >= 0.6 is 0 Å². The molecular weight excluding hydrogens is 232 g/mol. The van der Waals surface area contributed by atoms with Crippen molar-refractivity contribution >= 4 is 5.69 Å². The van der Waals surface area contributed by atoms with Gasteiger partial charge >= 0.3 is 0 Å². The van der Waals surface area contributed by atoms with E-state index < -0.39 is 5.54 Å². The summed E-state index contributed by atoms with van der Waals surface area (Å²) in [6, 6.07) is 19.0. The third-order valence-electron chi connectivity index (χ3n) is 3.72. The molecule has 0 bridgehead atoms. The first-order valence-electron chi connectivity index (χ1n) is 6.54. The molecule has 0 radical (unpaired) electrons. The number of nitriles is 1. The van der Waals surface area contributed by atoms with Gasteiger partial charge in [-0.3, -0.25) is 0 Å². The number of anilines is 1. The van der Waals surface area contributed by atoms with E-state index >= 15 is 0 Å². The van der Waals surface area contributed by atoms with Crippen LogP contribution in [0.15, 0.2) is 48.5 Å². The molecule has 2 aromatic rings. The van der Waals surface area contributed by atoms with Crippen molar-refractivity contribution in [2.24, 2.45) is 0 Å². The van der Waals surface area contributed by atoms with Crippen LogP contribution in [-0.4, -0.2) is 5.54 Å². The third kappa shape index (κ3) is 2.20. The van der Waals surface area contributed by atoms with Gasteiger partial charge in [-0.05, 0) is 35.7 Å². The molecule has 1 aliphatic rings. The van der Waals surface area contributed by atoms with Crippen molar-refractivity contribution in [3.63, 3.8) is 0 Å². The normalized spacial score (nSPS) is 15.6. The predicted octanol–water partition coefficient (Wildman–Crippen LogP) is 3.47. The fraction of sp³-hybridized carbons (Fsp3) is 0.235. The maximum atomic E-state index is 9.61. The Balaban J connectivity index is 1.90. The molecule has 1 aliphatic carbocycles. The Morgan fingerprint density at radius 2 is 1.74 bits per heavy atom. The zero-order valence-corrected chi connectivity index (χ0v) is 11.0. The molecule has 0 aromatic heterocycles. The molecule has 94 valence electrons. The van der Waals surface area contributed by atoms with Gasteiger partial charge in [0.15, 0.2) is 0 Å². The van der Waals surface area contributed by atoms with Crippen LogP contribution in [-0.2, 0) is 12.8 Å². The van der Waals surface area contributed by atoms with Crippen molar-refractivity contribution in [2.45, 2.75) is 25.3 Å². The number of hydrogen-bond acceptors (Lipinski definition) is 2. The molecule has 2 aromatic carbocycles. The van der Waals surface area contributed by atoms with Crippen LogP contribution in [0, 0.1) is 18.3 Å². The summed E-state index contributed by atoms with van der Waals surface area (Å²) in [4.78, 5) is 0. The lowest BCUT2D eigenvalue weighted by Crippen LogP contribution is -2.37.